The molecular weight excluding hydrogens is 472 g/mol. The molecule has 4 heteroatoms. The molecule has 0 bridgehead atoms. The van der Waals surface area contributed by atoms with Gasteiger partial charge in [-0.2, -0.15) is 0 Å². The average molecular weight is 503 g/mol. The third-order valence-electron chi connectivity index (χ3n) is 6.86. The Morgan fingerprint density at radius 2 is 0.816 bits per heavy atom. The topological polar surface area (TPSA) is 69.9 Å². The Kier molecular flexibility index (Phi) is 7.32. The minimum absolute atomic E-state index is 0.115. The predicted molar refractivity (Wildman–Crippen MR) is 150 cm³/mol. The number of benzene rings is 5. The molecule has 0 aliphatic rings. The molecule has 0 aliphatic heterocycles. The van der Waals surface area contributed by atoms with Crippen molar-refractivity contribution in [1.82, 2.24) is 0 Å². The van der Waals surface area contributed by atoms with Crippen LogP contribution in [0.3, 0.4) is 0 Å². The number of aryl methyl sites for hydroxylation is 1. The zero-order chi connectivity index (χ0) is 26.5. The molecule has 0 saturated carbocycles. The lowest BCUT2D eigenvalue weighted by atomic mass is 9.73. The molecule has 0 spiro atoms. The second-order valence-electron chi connectivity index (χ2n) is 9.57. The van der Waals surface area contributed by atoms with Crippen LogP contribution in [0.1, 0.15) is 45.2 Å². The highest BCUT2D eigenvalue weighted by Crippen LogP contribution is 2.44. The van der Waals surface area contributed by atoms with Crippen LogP contribution in [-0.2, 0) is 6.61 Å². The summed E-state index contributed by atoms with van der Waals surface area (Å²) < 4.78 is 6.06. The quantitative estimate of drug-likeness (QED) is 0.204. The molecule has 0 heterocycles. The summed E-state index contributed by atoms with van der Waals surface area (Å²) in [5, 5.41) is 29.9. The zero-order valence-electron chi connectivity index (χ0n) is 21.2. The number of aromatic hydroxyl groups is 3. The minimum Gasteiger partial charge on any atom is -0.508 e. The van der Waals surface area contributed by atoms with E-state index in [-0.39, 0.29) is 29.1 Å². The smallest absolute Gasteiger partial charge is 0.119 e. The predicted octanol–water partition coefficient (Wildman–Crippen LogP) is 7.65. The summed E-state index contributed by atoms with van der Waals surface area (Å²) in [6.07, 6.45) is 0. The molecule has 4 nitrogen and oxygen atoms in total. The summed E-state index contributed by atoms with van der Waals surface area (Å²) in [4.78, 5) is 0. The van der Waals surface area contributed by atoms with Gasteiger partial charge in [0.1, 0.15) is 29.6 Å². The first-order chi connectivity index (χ1) is 18.5. The Morgan fingerprint density at radius 3 is 1.18 bits per heavy atom. The van der Waals surface area contributed by atoms with Crippen molar-refractivity contribution in [3.8, 4) is 23.0 Å². The van der Waals surface area contributed by atoms with Crippen LogP contribution >= 0.6 is 0 Å². The molecule has 5 aromatic carbocycles. The second-order valence-corrected chi connectivity index (χ2v) is 9.57. The van der Waals surface area contributed by atoms with E-state index >= 15 is 0 Å². The van der Waals surface area contributed by atoms with Crippen molar-refractivity contribution in [3.05, 3.63) is 155 Å². The molecule has 0 amide bonds. The third-order valence-corrected chi connectivity index (χ3v) is 6.86. The van der Waals surface area contributed by atoms with Crippen molar-refractivity contribution in [2.75, 3.05) is 0 Å². The maximum atomic E-state index is 9.98. The normalized spacial score (nSPS) is 11.8. The lowest BCUT2D eigenvalue weighted by Crippen LogP contribution is -2.14. The van der Waals surface area contributed by atoms with E-state index in [0.29, 0.717) is 6.61 Å². The summed E-state index contributed by atoms with van der Waals surface area (Å²) in [5.74, 6) is 1.16. The molecule has 0 saturated heterocycles. The largest absolute Gasteiger partial charge is 0.508 e. The van der Waals surface area contributed by atoms with Crippen LogP contribution < -0.4 is 4.74 Å². The second kappa shape index (κ2) is 11.1. The van der Waals surface area contributed by atoms with Crippen molar-refractivity contribution in [2.24, 2.45) is 0 Å². The van der Waals surface area contributed by atoms with Gasteiger partial charge >= 0.3 is 0 Å². The molecule has 1 atom stereocenters. The fourth-order valence-electron chi connectivity index (χ4n) is 4.82. The first-order valence-corrected chi connectivity index (χ1v) is 12.6. The van der Waals surface area contributed by atoms with E-state index in [1.807, 2.05) is 48.5 Å². The molecule has 5 rings (SSSR count). The van der Waals surface area contributed by atoms with Gasteiger partial charge in [-0.25, -0.2) is 0 Å². The summed E-state index contributed by atoms with van der Waals surface area (Å²) in [6, 6.07) is 38.2. The van der Waals surface area contributed by atoms with Crippen LogP contribution in [0, 0.1) is 6.92 Å². The Labute approximate surface area is 223 Å². The number of hydrogen-bond donors (Lipinski definition) is 3. The molecule has 0 aromatic heterocycles. The van der Waals surface area contributed by atoms with Crippen LogP contribution in [0.25, 0.3) is 0 Å². The molecule has 1 unspecified atom stereocenters. The summed E-state index contributed by atoms with van der Waals surface area (Å²) in [5.41, 5.74) is 6.47. The average Bonchev–Trinajstić information content (AvgIpc) is 2.94. The molecule has 5 aromatic rings. The fourth-order valence-corrected chi connectivity index (χ4v) is 4.82. The van der Waals surface area contributed by atoms with E-state index in [9.17, 15) is 15.3 Å². The number of phenols is 3. The molecule has 38 heavy (non-hydrogen) atoms. The van der Waals surface area contributed by atoms with Gasteiger partial charge in [-0.3, -0.25) is 0 Å². The lowest BCUT2D eigenvalue weighted by molar-refractivity contribution is 0.306. The minimum atomic E-state index is -0.125. The van der Waals surface area contributed by atoms with E-state index in [0.717, 1.165) is 33.6 Å². The molecule has 3 N–H and O–H groups in total. The Morgan fingerprint density at radius 1 is 0.474 bits per heavy atom. The maximum absolute atomic E-state index is 9.98. The summed E-state index contributed by atoms with van der Waals surface area (Å²) in [7, 11) is 0. The Bertz CT molecular complexity index is 1410. The highest BCUT2D eigenvalue weighted by Gasteiger charge is 2.28. The van der Waals surface area contributed by atoms with Crippen molar-refractivity contribution in [2.45, 2.75) is 25.4 Å². The summed E-state index contributed by atoms with van der Waals surface area (Å²) in [6.45, 7) is 2.56. The molecule has 0 aliphatic carbocycles. The van der Waals surface area contributed by atoms with E-state index in [1.165, 1.54) is 5.56 Å². The van der Waals surface area contributed by atoms with Crippen LogP contribution in [-0.4, -0.2) is 15.3 Å². The van der Waals surface area contributed by atoms with Gasteiger partial charge in [0.2, 0.25) is 0 Å². The first kappa shape index (κ1) is 25.0. The van der Waals surface area contributed by atoms with Gasteiger partial charge in [0.15, 0.2) is 0 Å². The van der Waals surface area contributed by atoms with Crippen LogP contribution in [0.5, 0.6) is 23.0 Å². The Hall–Kier alpha value is -4.70. The van der Waals surface area contributed by atoms with E-state index in [1.54, 1.807) is 36.4 Å². The van der Waals surface area contributed by atoms with Crippen molar-refractivity contribution >= 4 is 0 Å². The van der Waals surface area contributed by atoms with Gasteiger partial charge in [-0.15, -0.1) is 0 Å². The first-order valence-electron chi connectivity index (χ1n) is 12.6. The third kappa shape index (κ3) is 5.81. The number of ether oxygens (including phenoxy) is 1. The van der Waals surface area contributed by atoms with Gasteiger partial charge in [-0.1, -0.05) is 78.4 Å². The molecule has 0 radical (unpaired) electrons. The van der Waals surface area contributed by atoms with Gasteiger partial charge < -0.3 is 20.1 Å². The molecule has 0 fully saturated rings. The van der Waals surface area contributed by atoms with Crippen LogP contribution in [0.2, 0.25) is 0 Å². The van der Waals surface area contributed by atoms with Gasteiger partial charge in [0.25, 0.3) is 0 Å². The highest BCUT2D eigenvalue weighted by molar-refractivity contribution is 5.48. The zero-order valence-corrected chi connectivity index (χ0v) is 21.2. The summed E-state index contributed by atoms with van der Waals surface area (Å²) >= 11 is 0. The maximum Gasteiger partial charge on any atom is 0.119 e. The van der Waals surface area contributed by atoms with Crippen molar-refractivity contribution in [3.63, 3.8) is 0 Å². The monoisotopic (exact) mass is 502 g/mol. The van der Waals surface area contributed by atoms with Crippen molar-refractivity contribution < 1.29 is 20.1 Å². The number of hydrogen-bond acceptors (Lipinski definition) is 4. The number of phenolic OH excluding ortho intramolecular Hbond substituents is 3. The molecular formula is C34H30O4. The fraction of sp³-hybridized carbons (Fsp3) is 0.118. The lowest BCUT2D eigenvalue weighted by Gasteiger charge is -2.30. The van der Waals surface area contributed by atoms with Gasteiger partial charge in [-0.05, 0) is 83.3 Å². The van der Waals surface area contributed by atoms with Crippen LogP contribution in [0.15, 0.2) is 121 Å². The van der Waals surface area contributed by atoms with Crippen molar-refractivity contribution in [1.29, 1.82) is 0 Å². The number of rotatable bonds is 8. The van der Waals surface area contributed by atoms with Gasteiger partial charge in [0, 0.05) is 11.8 Å². The van der Waals surface area contributed by atoms with Gasteiger partial charge in [0.05, 0.1) is 0 Å². The van der Waals surface area contributed by atoms with Crippen LogP contribution in [0.4, 0.5) is 0 Å². The van der Waals surface area contributed by atoms with E-state index in [4.69, 9.17) is 4.74 Å². The standard InChI is InChI=1S/C34H30O4/c1-23-2-4-24(5-3-23)22-38-32-20-12-28(13-21-32)34(27-10-18-31(37)19-11-27)33(25-6-14-29(35)15-7-25)26-8-16-30(36)17-9-26/h2-21,33-37H,22H2,1H3. The Balaban J connectivity index is 1.53. The SMILES string of the molecule is Cc1ccc(COc2ccc(C(c3ccc(O)cc3)C(c3ccc(O)cc3)c3ccc(O)cc3)cc2)cc1. The highest BCUT2D eigenvalue weighted by atomic mass is 16.5. The van der Waals surface area contributed by atoms with E-state index < -0.39 is 0 Å². The molecule has 190 valence electrons. The van der Waals surface area contributed by atoms with E-state index in [2.05, 4.69) is 43.3 Å².